The van der Waals surface area contributed by atoms with Gasteiger partial charge < -0.3 is 47.5 Å². The number of carbonyl (C=O) groups is 4. The fourth-order valence-electron chi connectivity index (χ4n) is 7.38. The second kappa shape index (κ2) is 12.5. The summed E-state index contributed by atoms with van der Waals surface area (Å²) in [6.45, 7) is 2.09. The normalized spacial score (nSPS) is 26.7. The molecule has 254 valence electrons. The summed E-state index contributed by atoms with van der Waals surface area (Å²) in [5.41, 5.74) is 11.8. The largest absolute Gasteiger partial charge is 0.509 e. The van der Waals surface area contributed by atoms with Crippen LogP contribution in [0.25, 0.3) is 5.76 Å². The van der Waals surface area contributed by atoms with Crippen molar-refractivity contribution in [1.82, 2.24) is 10.2 Å². The quantitative estimate of drug-likeness (QED) is 0.136. The van der Waals surface area contributed by atoms with Gasteiger partial charge in [-0.2, -0.15) is 5.26 Å². The SMILES string of the molecule is CCCCCCOC(=O)NCc1cc(N(C)C)c2c(c1O)C(O)=C1C(=O)[C@]3(C#N)C(O)=C(C(N)=O)C(=O)[C@@H](N(C)C)[C@]3(N)C[C@]1(N)C2. The highest BCUT2D eigenvalue weighted by Gasteiger charge is 2.74. The van der Waals surface area contributed by atoms with E-state index in [1.165, 1.54) is 19.0 Å². The molecule has 1 saturated carbocycles. The molecule has 3 aliphatic carbocycles. The van der Waals surface area contributed by atoms with Crippen LogP contribution < -0.4 is 27.4 Å². The van der Waals surface area contributed by atoms with Gasteiger partial charge in [-0.1, -0.05) is 26.2 Å². The molecule has 3 aliphatic rings. The molecule has 4 rings (SSSR count). The average Bonchev–Trinajstić information content (AvgIpc) is 2.95. The summed E-state index contributed by atoms with van der Waals surface area (Å²) in [5, 5.41) is 47.8. The molecule has 0 aromatic heterocycles. The molecule has 0 aliphatic heterocycles. The van der Waals surface area contributed by atoms with Gasteiger partial charge in [0.15, 0.2) is 17.0 Å². The molecule has 2 amide bonds. The van der Waals surface area contributed by atoms with E-state index in [4.69, 9.17) is 21.9 Å². The van der Waals surface area contributed by atoms with Gasteiger partial charge >= 0.3 is 6.09 Å². The Morgan fingerprint density at radius 2 is 1.79 bits per heavy atom. The number of amides is 2. The number of nitrogens with zero attached hydrogens (tertiary/aromatic N) is 3. The van der Waals surface area contributed by atoms with E-state index in [1.807, 2.05) is 0 Å². The summed E-state index contributed by atoms with van der Waals surface area (Å²) in [6.07, 6.45) is 2.29. The Morgan fingerprint density at radius 1 is 1.13 bits per heavy atom. The number of anilines is 1. The maximum absolute atomic E-state index is 14.6. The summed E-state index contributed by atoms with van der Waals surface area (Å²) in [7, 11) is 6.32. The van der Waals surface area contributed by atoms with Gasteiger partial charge in [-0.05, 0) is 45.0 Å². The first kappa shape index (κ1) is 35.2. The number of carbonyl (C=O) groups excluding carboxylic acids is 4. The van der Waals surface area contributed by atoms with Crippen LogP contribution in [-0.4, -0.2) is 95.7 Å². The third-order valence-corrected chi connectivity index (χ3v) is 9.44. The van der Waals surface area contributed by atoms with Crippen molar-refractivity contribution in [3.05, 3.63) is 39.7 Å². The van der Waals surface area contributed by atoms with Crippen molar-refractivity contribution in [2.24, 2.45) is 22.6 Å². The number of phenolic OH excluding ortho intramolecular Hbond substituents is 1. The van der Waals surface area contributed by atoms with Crippen molar-refractivity contribution >= 4 is 35.0 Å². The summed E-state index contributed by atoms with van der Waals surface area (Å²) >= 11 is 0. The van der Waals surface area contributed by atoms with Gasteiger partial charge in [0.2, 0.25) is 0 Å². The molecule has 1 aromatic rings. The van der Waals surface area contributed by atoms with E-state index in [9.17, 15) is 39.8 Å². The summed E-state index contributed by atoms with van der Waals surface area (Å²) in [4.78, 5) is 55.9. The molecular formula is C32H43N7O8. The molecule has 0 spiro atoms. The number of aliphatic hydroxyl groups is 2. The molecule has 10 N–H and O–H groups in total. The van der Waals surface area contributed by atoms with Crippen LogP contribution in [0.5, 0.6) is 5.75 Å². The first-order valence-corrected chi connectivity index (χ1v) is 15.3. The van der Waals surface area contributed by atoms with E-state index in [0.717, 1.165) is 19.3 Å². The van der Waals surface area contributed by atoms with E-state index in [1.54, 1.807) is 31.1 Å². The number of unbranched alkanes of at least 4 members (excludes halogenated alkanes) is 3. The van der Waals surface area contributed by atoms with E-state index in [-0.39, 0.29) is 30.7 Å². The number of aromatic hydroxyl groups is 1. The number of ketones is 2. The minimum absolute atomic E-state index is 0.169. The smallest absolute Gasteiger partial charge is 0.407 e. The number of aliphatic hydroxyl groups excluding tert-OH is 2. The fourth-order valence-corrected chi connectivity index (χ4v) is 7.38. The number of rotatable bonds is 10. The lowest BCUT2D eigenvalue weighted by Gasteiger charge is -2.58. The van der Waals surface area contributed by atoms with E-state index < -0.39 is 80.9 Å². The zero-order chi connectivity index (χ0) is 35.2. The number of hydrogen-bond donors (Lipinski definition) is 7. The molecule has 15 nitrogen and oxygen atoms in total. The molecule has 0 bridgehead atoms. The van der Waals surface area contributed by atoms with Crippen molar-refractivity contribution in [2.75, 3.05) is 39.7 Å². The standard InChI is InChI=1S/C32H43N7O8/c1-6-7-8-9-10-47-29(46)37-13-16-11-18(38(2)3)17-12-30(35)14-32(36)25(39(4)5)24(42)20(28(34)45)26(43)31(32,15-33)27(44)21(30)23(41)19(17)22(16)40/h11,25,40-41,43H,6-10,12-14,35-36H2,1-5H3,(H2,34,45)(H,37,46)/t25-,30-,31+,32-/m1/s1. The lowest BCUT2D eigenvalue weighted by molar-refractivity contribution is -0.139. The molecule has 15 heteroatoms. The van der Waals surface area contributed by atoms with Gasteiger partial charge in [0.25, 0.3) is 5.91 Å². The number of nitrogens with two attached hydrogens (primary N) is 3. The number of hydrogen-bond acceptors (Lipinski definition) is 13. The molecule has 47 heavy (non-hydrogen) atoms. The second-order valence-corrected chi connectivity index (χ2v) is 13.0. The number of nitriles is 1. The number of fused-ring (bicyclic) bond motifs is 3. The average molecular weight is 654 g/mol. The molecule has 4 atom stereocenters. The predicted octanol–water partition coefficient (Wildman–Crippen LogP) is 0.778. The molecule has 0 unspecified atom stereocenters. The number of benzene rings is 1. The van der Waals surface area contributed by atoms with Crippen molar-refractivity contribution in [3.63, 3.8) is 0 Å². The molecule has 0 radical (unpaired) electrons. The number of ether oxygens (including phenoxy) is 1. The van der Waals surface area contributed by atoms with Crippen molar-refractivity contribution in [2.45, 2.75) is 69.1 Å². The van der Waals surface area contributed by atoms with E-state index in [2.05, 4.69) is 12.2 Å². The Morgan fingerprint density at radius 3 is 2.34 bits per heavy atom. The molecule has 1 aromatic carbocycles. The maximum atomic E-state index is 14.6. The highest BCUT2D eigenvalue weighted by atomic mass is 16.5. The van der Waals surface area contributed by atoms with Crippen molar-refractivity contribution in [3.8, 4) is 11.8 Å². The molecule has 0 heterocycles. The topological polar surface area (TPSA) is 259 Å². The summed E-state index contributed by atoms with van der Waals surface area (Å²) in [5.74, 6) is -6.06. The zero-order valence-electron chi connectivity index (χ0n) is 27.3. The van der Waals surface area contributed by atoms with Crippen LogP contribution in [0, 0.1) is 16.7 Å². The molecule has 0 saturated heterocycles. The van der Waals surface area contributed by atoms with Crippen LogP contribution in [0.4, 0.5) is 10.5 Å². The van der Waals surface area contributed by atoms with Crippen molar-refractivity contribution < 1.29 is 39.2 Å². The Kier molecular flexibility index (Phi) is 9.37. The lowest BCUT2D eigenvalue weighted by atomic mass is 9.47. The van der Waals surface area contributed by atoms with Gasteiger partial charge in [0, 0.05) is 31.9 Å². The molecular weight excluding hydrogens is 610 g/mol. The summed E-state index contributed by atoms with van der Waals surface area (Å²) in [6, 6.07) is 1.85. The van der Waals surface area contributed by atoms with Crippen molar-refractivity contribution in [1.29, 1.82) is 5.26 Å². The Labute approximate surface area is 272 Å². The third kappa shape index (κ3) is 5.26. The lowest BCUT2D eigenvalue weighted by Crippen LogP contribution is -2.80. The third-order valence-electron chi connectivity index (χ3n) is 9.44. The number of primary amides is 1. The summed E-state index contributed by atoms with van der Waals surface area (Å²) < 4.78 is 5.22. The Bertz CT molecular complexity index is 1640. The number of nitrogens with one attached hydrogen (secondary N) is 1. The Hall–Kier alpha value is -4.65. The van der Waals surface area contributed by atoms with Gasteiger partial charge in [-0.25, -0.2) is 4.79 Å². The predicted molar refractivity (Wildman–Crippen MR) is 171 cm³/mol. The van der Waals surface area contributed by atoms with E-state index >= 15 is 0 Å². The molecule has 1 fully saturated rings. The fraction of sp³-hybridized carbons (Fsp3) is 0.531. The minimum Gasteiger partial charge on any atom is -0.509 e. The van der Waals surface area contributed by atoms with Crippen LogP contribution >= 0.6 is 0 Å². The van der Waals surface area contributed by atoms with Crippen LogP contribution in [0.2, 0.25) is 0 Å². The van der Waals surface area contributed by atoms with Crippen LogP contribution in [-0.2, 0) is 32.1 Å². The number of likely N-dealkylation sites (N-methyl/N-ethyl adjacent to an activating group) is 1. The van der Waals surface area contributed by atoms with Crippen LogP contribution in [0.3, 0.4) is 0 Å². The van der Waals surface area contributed by atoms with Gasteiger partial charge in [-0.3, -0.25) is 19.3 Å². The number of Topliss-reactive ketones (excluding diaryl/α,β-unsaturated/α-hetero) is 2. The van der Waals surface area contributed by atoms with Crippen LogP contribution in [0.1, 0.15) is 55.7 Å². The zero-order valence-corrected chi connectivity index (χ0v) is 27.3. The maximum Gasteiger partial charge on any atom is 0.407 e. The highest BCUT2D eigenvalue weighted by molar-refractivity contribution is 6.25. The van der Waals surface area contributed by atoms with Gasteiger partial charge in [0.05, 0.1) is 40.9 Å². The highest BCUT2D eigenvalue weighted by Crippen LogP contribution is 2.59. The van der Waals surface area contributed by atoms with Gasteiger partial charge in [0.1, 0.15) is 22.8 Å². The monoisotopic (exact) mass is 653 g/mol. The van der Waals surface area contributed by atoms with E-state index in [0.29, 0.717) is 17.7 Å². The first-order valence-electron chi connectivity index (χ1n) is 15.3. The minimum atomic E-state index is -2.76. The first-order chi connectivity index (χ1) is 21.9. The number of phenols is 1. The van der Waals surface area contributed by atoms with Gasteiger partial charge in [-0.15, -0.1) is 0 Å². The van der Waals surface area contributed by atoms with Crippen LogP contribution in [0.15, 0.2) is 23.0 Å². The Balaban J connectivity index is 1.89. The second-order valence-electron chi connectivity index (χ2n) is 13.0. The number of alkyl carbamates (subject to hydrolysis) is 1.